The zero-order valence-electron chi connectivity index (χ0n) is 14.7. The molecule has 0 bridgehead atoms. The number of carbonyl (C=O) groups excluding carboxylic acids is 1. The second-order valence-electron chi connectivity index (χ2n) is 6.87. The summed E-state index contributed by atoms with van der Waals surface area (Å²) in [6.07, 6.45) is 2.91. The first-order valence-electron chi connectivity index (χ1n) is 8.98. The van der Waals surface area contributed by atoms with Crippen LogP contribution in [0, 0.1) is 0 Å². The van der Waals surface area contributed by atoms with Crippen LogP contribution in [0.5, 0.6) is 0 Å². The molecule has 3 atom stereocenters. The molecular formula is C19H22ClN3O3. The van der Waals surface area contributed by atoms with Crippen LogP contribution in [0.25, 0.3) is 0 Å². The predicted octanol–water partition coefficient (Wildman–Crippen LogP) is 2.83. The third-order valence-electron chi connectivity index (χ3n) is 5.17. The van der Waals surface area contributed by atoms with Gasteiger partial charge < -0.3 is 14.5 Å². The van der Waals surface area contributed by atoms with Crippen molar-refractivity contribution in [2.24, 2.45) is 0 Å². The van der Waals surface area contributed by atoms with Gasteiger partial charge >= 0.3 is 0 Å². The van der Waals surface area contributed by atoms with Gasteiger partial charge in [-0.15, -0.1) is 0 Å². The maximum absolute atomic E-state index is 12.5. The largest absolute Gasteiger partial charge is 0.448 e. The third kappa shape index (κ3) is 3.49. The van der Waals surface area contributed by atoms with Crippen molar-refractivity contribution in [1.29, 1.82) is 0 Å². The van der Waals surface area contributed by atoms with Crippen LogP contribution >= 0.6 is 11.6 Å². The van der Waals surface area contributed by atoms with E-state index in [1.807, 2.05) is 31.2 Å². The molecule has 4 rings (SSSR count). The topological polar surface area (TPSA) is 67.6 Å². The quantitative estimate of drug-likeness (QED) is 0.890. The molecule has 3 heterocycles. The Kier molecular flexibility index (Phi) is 4.98. The van der Waals surface area contributed by atoms with Crippen molar-refractivity contribution >= 4 is 17.5 Å². The average Bonchev–Trinajstić information content (AvgIpc) is 3.27. The molecule has 0 radical (unpaired) electrons. The summed E-state index contributed by atoms with van der Waals surface area (Å²) in [5.74, 6) is 0.472. The van der Waals surface area contributed by atoms with Gasteiger partial charge in [-0.2, -0.15) is 0 Å². The van der Waals surface area contributed by atoms with Gasteiger partial charge in [0.2, 0.25) is 0 Å². The van der Waals surface area contributed by atoms with Gasteiger partial charge in [-0.3, -0.25) is 9.69 Å². The first kappa shape index (κ1) is 17.5. The predicted molar refractivity (Wildman–Crippen MR) is 97.3 cm³/mol. The number of amides is 1. The van der Waals surface area contributed by atoms with Crippen LogP contribution in [-0.2, 0) is 11.2 Å². The Morgan fingerprint density at radius 1 is 1.35 bits per heavy atom. The molecule has 2 fully saturated rings. The van der Waals surface area contributed by atoms with Gasteiger partial charge in [0, 0.05) is 36.6 Å². The summed E-state index contributed by atoms with van der Waals surface area (Å²) in [7, 11) is 0. The number of fused-ring (bicyclic) bond motifs is 1. The van der Waals surface area contributed by atoms with Crippen molar-refractivity contribution in [2.75, 3.05) is 19.7 Å². The number of ether oxygens (including phenoxy) is 1. The first-order valence-corrected chi connectivity index (χ1v) is 9.36. The van der Waals surface area contributed by atoms with Crippen molar-refractivity contribution < 1.29 is 13.9 Å². The molecule has 2 aromatic rings. The Bertz CT molecular complexity index is 777. The smallest absolute Gasteiger partial charge is 0.273 e. The maximum Gasteiger partial charge on any atom is 0.273 e. The van der Waals surface area contributed by atoms with Crippen LogP contribution < -0.4 is 5.32 Å². The minimum atomic E-state index is -0.157. The molecule has 2 aliphatic rings. The van der Waals surface area contributed by atoms with E-state index in [0.29, 0.717) is 30.5 Å². The molecule has 1 aromatic carbocycles. The molecule has 2 saturated heterocycles. The van der Waals surface area contributed by atoms with Crippen LogP contribution in [0.3, 0.4) is 0 Å². The van der Waals surface area contributed by atoms with Gasteiger partial charge in [0.15, 0.2) is 12.1 Å². The Morgan fingerprint density at radius 3 is 2.92 bits per heavy atom. The SMILES string of the molecule is CCc1ocnc1C(=O)N[C@H]1C[C@H]2CO[C@@H](c3ccc(Cl)cc3)CN2C1. The highest BCUT2D eigenvalue weighted by atomic mass is 35.5. The highest BCUT2D eigenvalue weighted by Gasteiger charge is 2.38. The molecule has 0 spiro atoms. The van der Waals surface area contributed by atoms with Crippen molar-refractivity contribution in [3.8, 4) is 0 Å². The van der Waals surface area contributed by atoms with E-state index in [1.54, 1.807) is 0 Å². The fourth-order valence-corrected chi connectivity index (χ4v) is 3.94. The van der Waals surface area contributed by atoms with E-state index in [4.69, 9.17) is 20.8 Å². The number of halogens is 1. The molecule has 6 nitrogen and oxygen atoms in total. The molecule has 7 heteroatoms. The second-order valence-corrected chi connectivity index (χ2v) is 7.30. The molecule has 1 amide bonds. The number of carbonyl (C=O) groups is 1. The second kappa shape index (κ2) is 7.39. The van der Waals surface area contributed by atoms with Gasteiger partial charge in [0.05, 0.1) is 12.7 Å². The monoisotopic (exact) mass is 375 g/mol. The number of aromatic nitrogens is 1. The van der Waals surface area contributed by atoms with E-state index in [1.165, 1.54) is 6.39 Å². The summed E-state index contributed by atoms with van der Waals surface area (Å²) in [4.78, 5) is 18.9. The van der Waals surface area contributed by atoms with Crippen molar-refractivity contribution in [2.45, 2.75) is 38.0 Å². The summed E-state index contributed by atoms with van der Waals surface area (Å²) in [5, 5.41) is 3.83. The van der Waals surface area contributed by atoms with Crippen molar-refractivity contribution in [3.63, 3.8) is 0 Å². The highest BCUT2D eigenvalue weighted by Crippen LogP contribution is 2.31. The Balaban J connectivity index is 1.37. The van der Waals surface area contributed by atoms with Gasteiger partial charge in [-0.05, 0) is 24.1 Å². The third-order valence-corrected chi connectivity index (χ3v) is 5.42. The van der Waals surface area contributed by atoms with Crippen LogP contribution in [-0.4, -0.2) is 47.6 Å². The molecule has 1 aromatic heterocycles. The number of morpholine rings is 1. The van der Waals surface area contributed by atoms with Crippen LogP contribution in [0.1, 0.15) is 41.3 Å². The molecule has 26 heavy (non-hydrogen) atoms. The Hall–Kier alpha value is -1.89. The van der Waals surface area contributed by atoms with Crippen LogP contribution in [0.2, 0.25) is 5.02 Å². The van der Waals surface area contributed by atoms with Gasteiger partial charge in [0.25, 0.3) is 5.91 Å². The van der Waals surface area contributed by atoms with Crippen LogP contribution in [0.4, 0.5) is 0 Å². The lowest BCUT2D eigenvalue weighted by Crippen LogP contribution is -2.43. The normalized spacial score (nSPS) is 25.8. The minimum absolute atomic E-state index is 0.0419. The molecule has 0 aliphatic carbocycles. The maximum atomic E-state index is 12.5. The number of nitrogens with zero attached hydrogens (tertiary/aromatic N) is 2. The lowest BCUT2D eigenvalue weighted by atomic mass is 10.1. The molecule has 1 N–H and O–H groups in total. The van der Waals surface area contributed by atoms with E-state index >= 15 is 0 Å². The van der Waals surface area contributed by atoms with Crippen LogP contribution in [0.15, 0.2) is 35.1 Å². The Morgan fingerprint density at radius 2 is 2.15 bits per heavy atom. The number of hydrogen-bond donors (Lipinski definition) is 1. The molecule has 0 saturated carbocycles. The number of oxazole rings is 1. The van der Waals surface area contributed by atoms with Gasteiger partial charge in [0.1, 0.15) is 5.76 Å². The fourth-order valence-electron chi connectivity index (χ4n) is 3.82. The summed E-state index contributed by atoms with van der Waals surface area (Å²) < 4.78 is 11.3. The summed E-state index contributed by atoms with van der Waals surface area (Å²) in [5.41, 5.74) is 1.53. The molecule has 0 unspecified atom stereocenters. The minimum Gasteiger partial charge on any atom is -0.448 e. The standard InChI is InChI=1S/C19H22ClN3O3/c1-2-16-18(21-11-26-16)19(24)22-14-7-15-10-25-17(9-23(15)8-14)12-3-5-13(20)6-4-12/h3-6,11,14-15,17H,2,7-10H2,1H3,(H,22,24)/t14-,15-,17+/m0/s1. The van der Waals surface area contributed by atoms with E-state index < -0.39 is 0 Å². The lowest BCUT2D eigenvalue weighted by molar-refractivity contribution is -0.0502. The fraction of sp³-hybridized carbons (Fsp3) is 0.474. The van der Waals surface area contributed by atoms with Gasteiger partial charge in [-0.1, -0.05) is 30.7 Å². The number of benzene rings is 1. The van der Waals surface area contributed by atoms with E-state index in [-0.39, 0.29) is 18.1 Å². The van der Waals surface area contributed by atoms with Crippen molar-refractivity contribution in [3.05, 3.63) is 52.7 Å². The number of rotatable bonds is 4. The first-order chi connectivity index (χ1) is 12.6. The average molecular weight is 376 g/mol. The molecule has 138 valence electrons. The number of nitrogens with one attached hydrogen (secondary N) is 1. The highest BCUT2D eigenvalue weighted by molar-refractivity contribution is 6.30. The van der Waals surface area contributed by atoms with E-state index in [9.17, 15) is 4.79 Å². The molecule has 2 aliphatic heterocycles. The van der Waals surface area contributed by atoms with E-state index in [2.05, 4.69) is 15.2 Å². The van der Waals surface area contributed by atoms with E-state index in [0.717, 1.165) is 30.1 Å². The number of hydrogen-bond acceptors (Lipinski definition) is 5. The zero-order valence-corrected chi connectivity index (χ0v) is 15.4. The summed E-state index contributed by atoms with van der Waals surface area (Å²) >= 11 is 5.97. The molecular weight excluding hydrogens is 354 g/mol. The lowest BCUT2D eigenvalue weighted by Gasteiger charge is -2.35. The van der Waals surface area contributed by atoms with Crippen molar-refractivity contribution in [1.82, 2.24) is 15.2 Å². The Labute approximate surface area is 157 Å². The number of aryl methyl sites for hydroxylation is 1. The van der Waals surface area contributed by atoms with Gasteiger partial charge in [-0.25, -0.2) is 4.98 Å². The summed E-state index contributed by atoms with van der Waals surface area (Å²) in [6, 6.07) is 8.25. The zero-order chi connectivity index (χ0) is 18.1. The summed E-state index contributed by atoms with van der Waals surface area (Å²) in [6.45, 7) is 4.26.